The third-order valence-electron chi connectivity index (χ3n) is 2.79. The van der Waals surface area contributed by atoms with Crippen molar-refractivity contribution in [1.82, 2.24) is 9.71 Å². The van der Waals surface area contributed by atoms with Gasteiger partial charge in [0.05, 0.1) is 0 Å². The molecule has 7 heteroatoms. The minimum absolute atomic E-state index is 0.355. The molecule has 0 saturated carbocycles. The van der Waals surface area contributed by atoms with Gasteiger partial charge in [-0.25, -0.2) is 26.9 Å². The minimum atomic E-state index is -4.03. The number of aromatic nitrogens is 1. The molecule has 1 aromatic carbocycles. The predicted molar refractivity (Wildman–Crippen MR) is 74.1 cm³/mol. The van der Waals surface area contributed by atoms with Gasteiger partial charge >= 0.3 is 0 Å². The molecule has 1 atom stereocenters. The lowest BCUT2D eigenvalue weighted by Crippen LogP contribution is -2.35. The fraction of sp³-hybridized carbons (Fsp3) is 0.214. The maximum Gasteiger partial charge on any atom is 0.261 e. The lowest BCUT2D eigenvalue weighted by Gasteiger charge is -2.14. The van der Waals surface area contributed by atoms with Crippen LogP contribution < -0.4 is 4.72 Å². The van der Waals surface area contributed by atoms with E-state index in [2.05, 4.69) is 9.71 Å². The van der Waals surface area contributed by atoms with E-state index in [-0.39, 0.29) is 5.82 Å². The Labute approximate surface area is 121 Å². The Bertz CT molecular complexity index is 718. The predicted octanol–water partition coefficient (Wildman–Crippen LogP) is 2.27. The minimum Gasteiger partial charge on any atom is -0.241 e. The largest absolute Gasteiger partial charge is 0.261 e. The first-order valence-electron chi connectivity index (χ1n) is 6.26. The van der Waals surface area contributed by atoms with Gasteiger partial charge in [-0.15, -0.1) is 0 Å². The van der Waals surface area contributed by atoms with Gasteiger partial charge < -0.3 is 0 Å². The summed E-state index contributed by atoms with van der Waals surface area (Å²) in [7, 11) is -4.03. The molecular weight excluding hydrogens is 298 g/mol. The zero-order valence-corrected chi connectivity index (χ0v) is 12.1. The quantitative estimate of drug-likeness (QED) is 0.921. The number of nitrogens with one attached hydrogen (secondary N) is 1. The van der Waals surface area contributed by atoms with Crippen LogP contribution >= 0.6 is 0 Å². The summed E-state index contributed by atoms with van der Waals surface area (Å²) >= 11 is 0. The van der Waals surface area contributed by atoms with E-state index in [1.165, 1.54) is 24.4 Å². The second kappa shape index (κ2) is 6.28. The van der Waals surface area contributed by atoms with Gasteiger partial charge in [0, 0.05) is 12.2 Å². The van der Waals surface area contributed by atoms with Crippen molar-refractivity contribution in [1.29, 1.82) is 0 Å². The molecule has 4 nitrogen and oxygen atoms in total. The van der Waals surface area contributed by atoms with Gasteiger partial charge in [0.15, 0.2) is 5.82 Å². The molecule has 2 aromatic rings. The average molecular weight is 312 g/mol. The molecule has 0 fully saturated rings. The van der Waals surface area contributed by atoms with Crippen LogP contribution in [-0.4, -0.2) is 19.4 Å². The maximum absolute atomic E-state index is 13.5. The summed E-state index contributed by atoms with van der Waals surface area (Å²) < 4.78 is 52.7. The molecule has 21 heavy (non-hydrogen) atoms. The molecule has 0 bridgehead atoms. The van der Waals surface area contributed by atoms with Crippen molar-refractivity contribution in [2.24, 2.45) is 0 Å². The van der Waals surface area contributed by atoms with Crippen molar-refractivity contribution in [3.8, 4) is 0 Å². The monoisotopic (exact) mass is 312 g/mol. The summed E-state index contributed by atoms with van der Waals surface area (Å²) in [5.74, 6) is -1.26. The summed E-state index contributed by atoms with van der Waals surface area (Å²) in [6, 6.07) is 7.61. The van der Waals surface area contributed by atoms with E-state index in [1.54, 1.807) is 19.1 Å². The van der Waals surface area contributed by atoms with Crippen molar-refractivity contribution in [3.05, 3.63) is 59.8 Å². The van der Waals surface area contributed by atoms with Crippen LogP contribution in [0.2, 0.25) is 0 Å². The second-order valence-electron chi connectivity index (χ2n) is 4.64. The molecule has 0 aliphatic rings. The van der Waals surface area contributed by atoms with E-state index >= 15 is 0 Å². The van der Waals surface area contributed by atoms with Gasteiger partial charge in [-0.3, -0.25) is 0 Å². The Hall–Kier alpha value is -1.86. The van der Waals surface area contributed by atoms with Crippen LogP contribution in [0.25, 0.3) is 0 Å². The molecule has 0 spiro atoms. The van der Waals surface area contributed by atoms with Gasteiger partial charge in [-0.2, -0.15) is 0 Å². The zero-order chi connectivity index (χ0) is 15.5. The van der Waals surface area contributed by atoms with Gasteiger partial charge in [0.2, 0.25) is 5.03 Å². The highest BCUT2D eigenvalue weighted by Gasteiger charge is 2.22. The van der Waals surface area contributed by atoms with Crippen LogP contribution in [0, 0.1) is 11.6 Å². The zero-order valence-electron chi connectivity index (χ0n) is 11.3. The fourth-order valence-electron chi connectivity index (χ4n) is 1.91. The van der Waals surface area contributed by atoms with Gasteiger partial charge in [0.25, 0.3) is 10.0 Å². The molecule has 2 rings (SSSR count). The summed E-state index contributed by atoms with van der Waals surface area (Å²) in [5.41, 5.74) is 0.771. The normalized spacial score (nSPS) is 13.1. The number of sulfonamides is 1. The highest BCUT2D eigenvalue weighted by atomic mass is 32.2. The van der Waals surface area contributed by atoms with E-state index in [9.17, 15) is 17.2 Å². The molecule has 0 saturated heterocycles. The van der Waals surface area contributed by atoms with Crippen LogP contribution in [0.3, 0.4) is 0 Å². The van der Waals surface area contributed by atoms with Crippen molar-refractivity contribution in [3.63, 3.8) is 0 Å². The Morgan fingerprint density at radius 1 is 1.19 bits per heavy atom. The third kappa shape index (κ3) is 4.05. The third-order valence-corrected chi connectivity index (χ3v) is 4.31. The van der Waals surface area contributed by atoms with Crippen LogP contribution in [0.1, 0.15) is 12.5 Å². The first-order chi connectivity index (χ1) is 9.88. The van der Waals surface area contributed by atoms with Gasteiger partial charge in [-0.1, -0.05) is 12.1 Å². The average Bonchev–Trinajstić information content (AvgIpc) is 2.41. The Morgan fingerprint density at radius 2 is 1.86 bits per heavy atom. The van der Waals surface area contributed by atoms with Crippen LogP contribution in [0.4, 0.5) is 8.78 Å². The lowest BCUT2D eigenvalue weighted by atomic mass is 10.1. The molecule has 1 heterocycles. The molecule has 0 radical (unpaired) electrons. The SMILES string of the molecule is CC(Cc1ccc(F)cc1)NS(=O)(=O)c1ncccc1F. The molecule has 0 amide bonds. The molecule has 1 aromatic heterocycles. The highest BCUT2D eigenvalue weighted by Crippen LogP contribution is 2.12. The summed E-state index contributed by atoms with van der Waals surface area (Å²) in [6.45, 7) is 1.64. The number of nitrogens with zero attached hydrogens (tertiary/aromatic N) is 1. The number of benzene rings is 1. The Kier molecular flexibility index (Phi) is 4.64. The topological polar surface area (TPSA) is 59.1 Å². The fourth-order valence-corrected chi connectivity index (χ4v) is 3.15. The van der Waals surface area contributed by atoms with E-state index in [0.29, 0.717) is 6.42 Å². The molecule has 1 N–H and O–H groups in total. The first kappa shape index (κ1) is 15.5. The maximum atomic E-state index is 13.5. The molecule has 0 aliphatic heterocycles. The Morgan fingerprint density at radius 3 is 2.48 bits per heavy atom. The van der Waals surface area contributed by atoms with Crippen LogP contribution in [-0.2, 0) is 16.4 Å². The molecule has 0 aliphatic carbocycles. The number of hydrogen-bond donors (Lipinski definition) is 1. The number of halogens is 2. The summed E-state index contributed by atoms with van der Waals surface area (Å²) in [5, 5.41) is -0.629. The van der Waals surface area contributed by atoms with Gasteiger partial charge in [-0.05, 0) is 43.2 Å². The van der Waals surface area contributed by atoms with Crippen molar-refractivity contribution in [2.45, 2.75) is 24.4 Å². The van der Waals surface area contributed by atoms with E-state index in [4.69, 9.17) is 0 Å². The highest BCUT2D eigenvalue weighted by molar-refractivity contribution is 7.89. The first-order valence-corrected chi connectivity index (χ1v) is 7.74. The number of pyridine rings is 1. The van der Waals surface area contributed by atoms with E-state index < -0.39 is 26.9 Å². The van der Waals surface area contributed by atoms with E-state index in [0.717, 1.165) is 11.6 Å². The molecule has 1 unspecified atom stereocenters. The van der Waals surface area contributed by atoms with Crippen molar-refractivity contribution < 1.29 is 17.2 Å². The van der Waals surface area contributed by atoms with E-state index in [1.807, 2.05) is 0 Å². The van der Waals surface area contributed by atoms with Crippen molar-refractivity contribution >= 4 is 10.0 Å². The van der Waals surface area contributed by atoms with Crippen molar-refractivity contribution in [2.75, 3.05) is 0 Å². The standard InChI is InChI=1S/C14H14F2N2O2S/c1-10(9-11-4-6-12(15)7-5-11)18-21(19,20)14-13(16)3-2-8-17-14/h2-8,10,18H,9H2,1H3. The lowest BCUT2D eigenvalue weighted by molar-refractivity contribution is 0.532. The molecule has 112 valence electrons. The van der Waals surface area contributed by atoms with Crippen LogP contribution in [0.5, 0.6) is 0 Å². The Balaban J connectivity index is 2.10. The second-order valence-corrected chi connectivity index (χ2v) is 6.27. The van der Waals surface area contributed by atoms with Crippen LogP contribution in [0.15, 0.2) is 47.6 Å². The number of hydrogen-bond acceptors (Lipinski definition) is 3. The number of rotatable bonds is 5. The van der Waals surface area contributed by atoms with Gasteiger partial charge in [0.1, 0.15) is 5.82 Å². The summed E-state index contributed by atoms with van der Waals surface area (Å²) in [6.07, 6.45) is 1.57. The summed E-state index contributed by atoms with van der Waals surface area (Å²) in [4.78, 5) is 3.55. The smallest absolute Gasteiger partial charge is 0.241 e. The molecular formula is C14H14F2N2O2S.